The van der Waals surface area contributed by atoms with Crippen LogP contribution >= 0.6 is 0 Å². The molecule has 0 aliphatic heterocycles. The summed E-state index contributed by atoms with van der Waals surface area (Å²) in [5.74, 6) is 0.266. The monoisotopic (exact) mass is 443 g/mol. The van der Waals surface area contributed by atoms with Crippen LogP contribution in [-0.2, 0) is 14.8 Å². The number of hydrogen-bond donors (Lipinski definition) is 2. The third-order valence-electron chi connectivity index (χ3n) is 4.43. The van der Waals surface area contributed by atoms with Gasteiger partial charge >= 0.3 is 0 Å². The van der Waals surface area contributed by atoms with Crippen molar-refractivity contribution in [2.24, 2.45) is 0 Å². The number of ether oxygens (including phenoxy) is 1. The number of carbonyl (C=O) groups excluding carboxylic acids is 1. The quantitative estimate of drug-likeness (QED) is 0.553. The van der Waals surface area contributed by atoms with Crippen LogP contribution in [-0.4, -0.2) is 48.8 Å². The van der Waals surface area contributed by atoms with Crippen LogP contribution in [0.15, 0.2) is 53.6 Å². The summed E-state index contributed by atoms with van der Waals surface area (Å²) < 4.78 is 33.9. The van der Waals surface area contributed by atoms with Crippen LogP contribution in [0.5, 0.6) is 0 Å². The van der Waals surface area contributed by atoms with E-state index in [9.17, 15) is 13.2 Å². The van der Waals surface area contributed by atoms with Crippen LogP contribution < -0.4 is 10.0 Å². The van der Waals surface area contributed by atoms with E-state index in [2.05, 4.69) is 20.1 Å². The van der Waals surface area contributed by atoms with Crippen LogP contribution in [0.1, 0.15) is 28.7 Å². The van der Waals surface area contributed by atoms with Crippen molar-refractivity contribution < 1.29 is 17.9 Å². The second-order valence-electron chi connectivity index (χ2n) is 7.20. The molecular formula is C21H25N5O4S. The lowest BCUT2D eigenvalue weighted by Crippen LogP contribution is -2.35. The maximum absolute atomic E-state index is 12.5. The van der Waals surface area contributed by atoms with Crippen LogP contribution in [0.4, 0.5) is 5.69 Å². The molecule has 2 N–H and O–H groups in total. The Hall–Kier alpha value is -3.08. The molecule has 2 heterocycles. The molecule has 0 aliphatic rings. The highest BCUT2D eigenvalue weighted by Gasteiger charge is 2.17. The summed E-state index contributed by atoms with van der Waals surface area (Å²) in [7, 11) is -2.17. The predicted molar refractivity (Wildman–Crippen MR) is 117 cm³/mol. The molecule has 31 heavy (non-hydrogen) atoms. The average molecular weight is 444 g/mol. The molecule has 1 amide bonds. The first kappa shape index (κ1) is 22.6. The van der Waals surface area contributed by atoms with Crippen molar-refractivity contribution in [3.8, 4) is 5.82 Å². The van der Waals surface area contributed by atoms with Crippen molar-refractivity contribution in [3.05, 3.63) is 65.6 Å². The standard InChI is InChI=1S/C21H25N5O4S/c1-14-11-16(3)26(24-14)20-10-5-17(12-22-20)21(27)23-18-6-8-19(9-7-18)31(28,29)25-15(2)13-30-4/h5-12,15,25H,13H2,1-4H3,(H,23,27). The van der Waals surface area contributed by atoms with Gasteiger partial charge in [-0.15, -0.1) is 0 Å². The van der Waals surface area contributed by atoms with Gasteiger partial charge in [0.2, 0.25) is 10.0 Å². The number of anilines is 1. The Kier molecular flexibility index (Phi) is 6.84. The fourth-order valence-corrected chi connectivity index (χ4v) is 4.27. The molecule has 3 rings (SSSR count). The number of pyridine rings is 1. The molecule has 3 aromatic rings. The smallest absolute Gasteiger partial charge is 0.257 e. The van der Waals surface area contributed by atoms with Crippen molar-refractivity contribution in [1.29, 1.82) is 0 Å². The highest BCUT2D eigenvalue weighted by Crippen LogP contribution is 2.16. The van der Waals surface area contributed by atoms with Gasteiger partial charge in [-0.2, -0.15) is 5.10 Å². The number of methoxy groups -OCH3 is 1. The second-order valence-corrected chi connectivity index (χ2v) is 8.91. The fraction of sp³-hybridized carbons (Fsp3) is 0.286. The van der Waals surface area contributed by atoms with Gasteiger partial charge in [-0.05, 0) is 63.2 Å². The SMILES string of the molecule is COCC(C)NS(=O)(=O)c1ccc(NC(=O)c2ccc(-n3nc(C)cc3C)nc2)cc1. The van der Waals surface area contributed by atoms with Crippen molar-refractivity contribution in [2.75, 3.05) is 19.0 Å². The molecule has 0 radical (unpaired) electrons. The van der Waals surface area contributed by atoms with Gasteiger partial charge in [0.1, 0.15) is 0 Å². The average Bonchev–Trinajstić information content (AvgIpc) is 3.06. The number of carbonyl (C=O) groups is 1. The molecule has 164 valence electrons. The first-order valence-electron chi connectivity index (χ1n) is 9.62. The molecule has 0 saturated heterocycles. The van der Waals surface area contributed by atoms with Crippen LogP contribution in [0.25, 0.3) is 5.82 Å². The van der Waals surface area contributed by atoms with Gasteiger partial charge in [-0.25, -0.2) is 22.8 Å². The van der Waals surface area contributed by atoms with E-state index in [4.69, 9.17) is 4.74 Å². The Morgan fingerprint density at radius 3 is 2.42 bits per heavy atom. The fourth-order valence-electron chi connectivity index (χ4n) is 3.04. The lowest BCUT2D eigenvalue weighted by molar-refractivity contribution is 0.102. The Morgan fingerprint density at radius 1 is 1.16 bits per heavy atom. The van der Waals surface area contributed by atoms with Crippen LogP contribution in [0.2, 0.25) is 0 Å². The zero-order valence-corrected chi connectivity index (χ0v) is 18.6. The number of aromatic nitrogens is 3. The van der Waals surface area contributed by atoms with E-state index in [1.165, 1.54) is 37.6 Å². The highest BCUT2D eigenvalue weighted by atomic mass is 32.2. The lowest BCUT2D eigenvalue weighted by atomic mass is 10.2. The van der Waals surface area contributed by atoms with E-state index in [-0.39, 0.29) is 23.5 Å². The Balaban J connectivity index is 1.67. The first-order chi connectivity index (χ1) is 14.7. The molecule has 0 aliphatic carbocycles. The van der Waals surface area contributed by atoms with Crippen molar-refractivity contribution in [3.63, 3.8) is 0 Å². The molecule has 0 fully saturated rings. The summed E-state index contributed by atoms with van der Waals surface area (Å²) in [5.41, 5.74) is 2.67. The molecule has 1 unspecified atom stereocenters. The van der Waals surface area contributed by atoms with Gasteiger partial charge in [-0.3, -0.25) is 4.79 Å². The van der Waals surface area contributed by atoms with E-state index in [0.29, 0.717) is 17.1 Å². The third-order valence-corrected chi connectivity index (χ3v) is 6.04. The summed E-state index contributed by atoms with van der Waals surface area (Å²) in [5, 5.41) is 7.11. The maximum Gasteiger partial charge on any atom is 0.257 e. The van der Waals surface area contributed by atoms with Gasteiger partial charge < -0.3 is 10.1 Å². The summed E-state index contributed by atoms with van der Waals surface area (Å²) in [6, 6.07) is 10.9. The van der Waals surface area contributed by atoms with Gasteiger partial charge in [0, 0.05) is 30.7 Å². The van der Waals surface area contributed by atoms with Gasteiger partial charge in [0.15, 0.2) is 5.82 Å². The molecule has 1 aromatic carbocycles. The third kappa shape index (κ3) is 5.54. The molecule has 10 heteroatoms. The molecule has 0 spiro atoms. The van der Waals surface area contributed by atoms with Crippen molar-refractivity contribution in [2.45, 2.75) is 31.7 Å². The lowest BCUT2D eigenvalue weighted by Gasteiger charge is -2.13. The number of benzene rings is 1. The van der Waals surface area contributed by atoms with E-state index >= 15 is 0 Å². The maximum atomic E-state index is 12.5. The summed E-state index contributed by atoms with van der Waals surface area (Å²) in [6.07, 6.45) is 1.47. The number of nitrogens with one attached hydrogen (secondary N) is 2. The zero-order valence-electron chi connectivity index (χ0n) is 17.8. The number of amides is 1. The number of nitrogens with zero attached hydrogens (tertiary/aromatic N) is 3. The number of hydrogen-bond acceptors (Lipinski definition) is 6. The van der Waals surface area contributed by atoms with Gasteiger partial charge in [0.05, 0.1) is 22.8 Å². The van der Waals surface area contributed by atoms with Crippen molar-refractivity contribution >= 4 is 21.6 Å². The molecule has 0 saturated carbocycles. The number of sulfonamides is 1. The minimum atomic E-state index is -3.67. The molecule has 2 aromatic heterocycles. The van der Waals surface area contributed by atoms with Gasteiger partial charge in [0.25, 0.3) is 5.91 Å². The van der Waals surface area contributed by atoms with E-state index in [1.807, 2.05) is 19.9 Å². The highest BCUT2D eigenvalue weighted by molar-refractivity contribution is 7.89. The first-order valence-corrected chi connectivity index (χ1v) is 11.1. The Bertz CT molecular complexity index is 1160. The predicted octanol–water partition coefficient (Wildman–Crippen LogP) is 2.45. The number of aryl methyl sites for hydroxylation is 2. The van der Waals surface area contributed by atoms with Gasteiger partial charge in [-0.1, -0.05) is 0 Å². The molecule has 0 bridgehead atoms. The Labute approximate surface area is 181 Å². The molecular weight excluding hydrogens is 418 g/mol. The summed E-state index contributed by atoms with van der Waals surface area (Å²) in [6.45, 7) is 5.81. The van der Waals surface area contributed by atoms with Crippen LogP contribution in [0, 0.1) is 13.8 Å². The number of rotatable bonds is 8. The van der Waals surface area contributed by atoms with E-state index in [1.54, 1.807) is 23.7 Å². The van der Waals surface area contributed by atoms with E-state index < -0.39 is 10.0 Å². The van der Waals surface area contributed by atoms with Crippen molar-refractivity contribution in [1.82, 2.24) is 19.5 Å². The zero-order chi connectivity index (χ0) is 22.6. The second kappa shape index (κ2) is 9.38. The van der Waals surface area contributed by atoms with E-state index in [0.717, 1.165) is 11.4 Å². The molecule has 1 atom stereocenters. The van der Waals surface area contributed by atoms with Crippen LogP contribution in [0.3, 0.4) is 0 Å². The summed E-state index contributed by atoms with van der Waals surface area (Å²) >= 11 is 0. The Morgan fingerprint density at radius 2 is 1.87 bits per heavy atom. The summed E-state index contributed by atoms with van der Waals surface area (Å²) in [4.78, 5) is 16.9. The minimum Gasteiger partial charge on any atom is -0.383 e. The minimum absolute atomic E-state index is 0.101. The normalized spacial score (nSPS) is 12.5. The largest absolute Gasteiger partial charge is 0.383 e. The topological polar surface area (TPSA) is 115 Å². The molecule has 9 nitrogen and oxygen atoms in total.